The van der Waals surface area contributed by atoms with E-state index in [1.54, 1.807) is 24.3 Å². The van der Waals surface area contributed by atoms with Crippen LogP contribution in [0, 0.1) is 0 Å². The van der Waals surface area contributed by atoms with Crippen molar-refractivity contribution in [2.45, 2.75) is 44.8 Å². The average Bonchev–Trinajstić information content (AvgIpc) is 2.74. The Kier molecular flexibility index (Phi) is 7.67. The fourth-order valence-electron chi connectivity index (χ4n) is 3.21. The Hall–Kier alpha value is -2.60. The molecule has 3 rings (SSSR count). The van der Waals surface area contributed by atoms with Gasteiger partial charge in [-0.05, 0) is 54.8 Å². The van der Waals surface area contributed by atoms with Gasteiger partial charge in [-0.3, -0.25) is 4.79 Å². The fraction of sp³-hybridized carbons (Fsp3) is 0.409. The zero-order valence-electron chi connectivity index (χ0n) is 15.9. The Balaban J connectivity index is 1.45. The summed E-state index contributed by atoms with van der Waals surface area (Å²) in [7, 11) is 0. The molecule has 28 heavy (non-hydrogen) atoms. The predicted octanol–water partition coefficient (Wildman–Crippen LogP) is 4.61. The average molecular weight is 387 g/mol. The molecule has 1 aliphatic carbocycles. The van der Waals surface area contributed by atoms with E-state index in [4.69, 9.17) is 9.47 Å². The summed E-state index contributed by atoms with van der Waals surface area (Å²) in [5, 5.41) is 3.12. The number of hydrogen-bond donors (Lipinski definition) is 1. The first kappa shape index (κ1) is 20.1. The summed E-state index contributed by atoms with van der Waals surface area (Å²) >= 11 is 0. The maximum absolute atomic E-state index is 12.3. The van der Waals surface area contributed by atoms with Gasteiger partial charge >= 0.3 is 0 Å². The molecule has 0 heterocycles. The first-order valence-corrected chi connectivity index (χ1v) is 9.64. The van der Waals surface area contributed by atoms with Gasteiger partial charge in [0.25, 0.3) is 5.91 Å². The zero-order valence-corrected chi connectivity index (χ0v) is 15.9. The third kappa shape index (κ3) is 6.23. The van der Waals surface area contributed by atoms with Crippen molar-refractivity contribution in [1.82, 2.24) is 5.32 Å². The lowest BCUT2D eigenvalue weighted by Crippen LogP contribution is -2.36. The molecule has 1 N–H and O–H groups in total. The normalized spacial score (nSPS) is 14.5. The van der Waals surface area contributed by atoms with Crippen molar-refractivity contribution in [2.24, 2.45) is 0 Å². The van der Waals surface area contributed by atoms with Crippen LogP contribution in [0.5, 0.6) is 11.5 Å². The summed E-state index contributed by atoms with van der Waals surface area (Å²) in [6, 6.07) is 14.8. The van der Waals surface area contributed by atoms with Crippen molar-refractivity contribution >= 4 is 5.91 Å². The third-order valence-corrected chi connectivity index (χ3v) is 4.77. The summed E-state index contributed by atoms with van der Waals surface area (Å²) in [6.07, 6.45) is 5.80. The number of carbonyl (C=O) groups is 1. The number of carbonyl (C=O) groups excluding carboxylic acids is 1. The number of hydrogen-bond acceptors (Lipinski definition) is 4. The highest BCUT2D eigenvalue weighted by molar-refractivity contribution is 5.94. The molecule has 0 aliphatic heterocycles. The zero-order chi connectivity index (χ0) is 19.6. The Bertz CT molecular complexity index is 727. The van der Waals surface area contributed by atoms with E-state index in [9.17, 15) is 9.18 Å². The van der Waals surface area contributed by atoms with Gasteiger partial charge in [0.05, 0.1) is 0 Å². The first-order valence-electron chi connectivity index (χ1n) is 9.64. The number of alkyl halides is 1. The largest absolute Gasteiger partial charge is 0.489 e. The first-order chi connectivity index (χ1) is 13.7. The molecule has 0 saturated heterocycles. The topological polar surface area (TPSA) is 56.8 Å². The van der Waals surface area contributed by atoms with Crippen molar-refractivity contribution in [3.05, 3.63) is 59.7 Å². The minimum atomic E-state index is -0.873. The van der Waals surface area contributed by atoms with E-state index in [-0.39, 0.29) is 12.7 Å². The minimum absolute atomic E-state index is 0.00769. The van der Waals surface area contributed by atoms with Crippen molar-refractivity contribution in [3.8, 4) is 11.5 Å². The molecule has 0 bridgehead atoms. The SMILES string of the molecule is O=C(NC1CCCCC1)c1ccc(COc2ccc(OCOCF)cc2)cc1. The lowest BCUT2D eigenvalue weighted by atomic mass is 9.95. The molecule has 2 aromatic carbocycles. The molecular formula is C22H26FNO4. The van der Waals surface area contributed by atoms with Crippen molar-refractivity contribution in [3.63, 3.8) is 0 Å². The molecule has 0 radical (unpaired) electrons. The summed E-state index contributed by atoms with van der Waals surface area (Å²) in [4.78, 5) is 12.3. The molecule has 0 unspecified atom stereocenters. The number of halogens is 1. The molecular weight excluding hydrogens is 361 g/mol. The molecule has 0 atom stereocenters. The molecule has 1 amide bonds. The highest BCUT2D eigenvalue weighted by Gasteiger charge is 2.16. The van der Waals surface area contributed by atoms with Crippen LogP contribution in [-0.4, -0.2) is 25.6 Å². The fourth-order valence-corrected chi connectivity index (χ4v) is 3.21. The standard InChI is InChI=1S/C22H26FNO4/c23-15-26-16-28-21-12-10-20(11-13-21)27-14-17-6-8-18(9-7-17)22(25)24-19-4-2-1-3-5-19/h6-13,19H,1-5,14-16H2,(H,24,25). The monoisotopic (exact) mass is 387 g/mol. The summed E-state index contributed by atoms with van der Waals surface area (Å²) in [6.45, 7) is -0.602. The number of nitrogens with one attached hydrogen (secondary N) is 1. The molecule has 0 spiro atoms. The molecule has 1 saturated carbocycles. The van der Waals surface area contributed by atoms with E-state index < -0.39 is 6.86 Å². The second kappa shape index (κ2) is 10.7. The molecule has 150 valence electrons. The number of rotatable bonds is 9. The van der Waals surface area contributed by atoms with E-state index in [0.29, 0.717) is 29.7 Å². The van der Waals surface area contributed by atoms with Crippen molar-refractivity contribution in [2.75, 3.05) is 13.7 Å². The van der Waals surface area contributed by atoms with Gasteiger partial charge in [-0.2, -0.15) is 0 Å². The van der Waals surface area contributed by atoms with Gasteiger partial charge in [0.1, 0.15) is 18.1 Å². The molecule has 0 aromatic heterocycles. The van der Waals surface area contributed by atoms with Crippen LogP contribution in [0.3, 0.4) is 0 Å². The van der Waals surface area contributed by atoms with E-state index in [2.05, 4.69) is 10.1 Å². The number of amides is 1. The van der Waals surface area contributed by atoms with Crippen LogP contribution in [0.4, 0.5) is 4.39 Å². The van der Waals surface area contributed by atoms with Crippen LogP contribution in [0.2, 0.25) is 0 Å². The summed E-state index contributed by atoms with van der Waals surface area (Å²) in [5.74, 6) is 1.26. The van der Waals surface area contributed by atoms with E-state index in [1.807, 2.05) is 24.3 Å². The highest BCUT2D eigenvalue weighted by Crippen LogP contribution is 2.20. The maximum Gasteiger partial charge on any atom is 0.251 e. The van der Waals surface area contributed by atoms with Crippen LogP contribution in [0.15, 0.2) is 48.5 Å². The van der Waals surface area contributed by atoms with Gasteiger partial charge in [0.15, 0.2) is 13.7 Å². The second-order valence-electron chi connectivity index (χ2n) is 6.84. The van der Waals surface area contributed by atoms with Gasteiger partial charge in [0.2, 0.25) is 0 Å². The minimum Gasteiger partial charge on any atom is -0.489 e. The van der Waals surface area contributed by atoms with Gasteiger partial charge in [0, 0.05) is 11.6 Å². The highest BCUT2D eigenvalue weighted by atomic mass is 19.1. The molecule has 6 heteroatoms. The molecule has 1 fully saturated rings. The number of benzene rings is 2. The van der Waals surface area contributed by atoms with E-state index in [1.165, 1.54) is 19.3 Å². The molecule has 2 aromatic rings. The summed E-state index contributed by atoms with van der Waals surface area (Å²) < 4.78 is 27.3. The van der Waals surface area contributed by atoms with Crippen molar-refractivity contribution < 1.29 is 23.4 Å². The van der Waals surface area contributed by atoms with Crippen molar-refractivity contribution in [1.29, 1.82) is 0 Å². The van der Waals surface area contributed by atoms with Gasteiger partial charge < -0.3 is 19.5 Å². The molecule has 5 nitrogen and oxygen atoms in total. The van der Waals surface area contributed by atoms with Crippen LogP contribution in [0.1, 0.15) is 48.0 Å². The molecule has 1 aliphatic rings. The Morgan fingerprint density at radius 1 is 0.929 bits per heavy atom. The lowest BCUT2D eigenvalue weighted by molar-refractivity contribution is -0.0284. The van der Waals surface area contributed by atoms with Gasteiger partial charge in [-0.1, -0.05) is 31.4 Å². The van der Waals surface area contributed by atoms with Crippen LogP contribution >= 0.6 is 0 Å². The summed E-state index contributed by atoms with van der Waals surface area (Å²) in [5.41, 5.74) is 1.65. The van der Waals surface area contributed by atoms with Crippen LogP contribution in [-0.2, 0) is 11.3 Å². The second-order valence-corrected chi connectivity index (χ2v) is 6.84. The maximum atomic E-state index is 12.3. The Morgan fingerprint density at radius 3 is 2.21 bits per heavy atom. The Morgan fingerprint density at radius 2 is 1.57 bits per heavy atom. The number of ether oxygens (including phenoxy) is 3. The lowest BCUT2D eigenvalue weighted by Gasteiger charge is -2.22. The van der Waals surface area contributed by atoms with Crippen LogP contribution in [0.25, 0.3) is 0 Å². The van der Waals surface area contributed by atoms with Crippen LogP contribution < -0.4 is 14.8 Å². The quantitative estimate of drug-likeness (QED) is 0.504. The smallest absolute Gasteiger partial charge is 0.251 e. The third-order valence-electron chi connectivity index (χ3n) is 4.77. The van der Waals surface area contributed by atoms with Gasteiger partial charge in [-0.25, -0.2) is 4.39 Å². The van der Waals surface area contributed by atoms with E-state index >= 15 is 0 Å². The van der Waals surface area contributed by atoms with Gasteiger partial charge in [-0.15, -0.1) is 0 Å². The predicted molar refractivity (Wildman–Crippen MR) is 104 cm³/mol. The Labute approximate surface area is 164 Å². The van der Waals surface area contributed by atoms with E-state index in [0.717, 1.165) is 18.4 Å².